The summed E-state index contributed by atoms with van der Waals surface area (Å²) in [5.41, 5.74) is 1.41. The third-order valence-electron chi connectivity index (χ3n) is 4.53. The van der Waals surface area contributed by atoms with E-state index in [4.69, 9.17) is 4.98 Å². The van der Waals surface area contributed by atoms with Crippen molar-refractivity contribution in [1.29, 1.82) is 0 Å². The van der Waals surface area contributed by atoms with Crippen molar-refractivity contribution in [2.24, 2.45) is 11.8 Å². The fourth-order valence-corrected chi connectivity index (χ4v) is 4.26. The molecule has 2 rings (SSSR count). The van der Waals surface area contributed by atoms with E-state index in [0.29, 0.717) is 6.04 Å². The molecule has 0 aliphatic heterocycles. The molecule has 0 radical (unpaired) electrons. The van der Waals surface area contributed by atoms with E-state index in [1.807, 2.05) is 11.3 Å². The Morgan fingerprint density at radius 3 is 2.63 bits per heavy atom. The summed E-state index contributed by atoms with van der Waals surface area (Å²) < 4.78 is 0. The van der Waals surface area contributed by atoms with Crippen molar-refractivity contribution in [2.75, 3.05) is 7.05 Å². The highest BCUT2D eigenvalue weighted by atomic mass is 32.1. The summed E-state index contributed by atoms with van der Waals surface area (Å²) in [5, 5.41) is 7.07. The average Bonchev–Trinajstić information content (AvgIpc) is 2.94. The van der Waals surface area contributed by atoms with Crippen LogP contribution in [-0.4, -0.2) is 18.1 Å². The second-order valence-corrected chi connectivity index (χ2v) is 7.99. The Morgan fingerprint density at radius 2 is 2.16 bits per heavy atom. The Labute approximate surface area is 122 Å². The van der Waals surface area contributed by atoms with Crippen LogP contribution in [0.4, 0.5) is 0 Å². The van der Waals surface area contributed by atoms with Gasteiger partial charge in [-0.25, -0.2) is 4.98 Å². The molecule has 1 heterocycles. The first-order chi connectivity index (χ1) is 8.91. The Morgan fingerprint density at radius 1 is 1.42 bits per heavy atom. The van der Waals surface area contributed by atoms with Crippen molar-refractivity contribution in [3.8, 4) is 0 Å². The number of nitrogens with one attached hydrogen (secondary N) is 1. The van der Waals surface area contributed by atoms with Crippen molar-refractivity contribution in [3.63, 3.8) is 0 Å². The number of rotatable bonds is 4. The van der Waals surface area contributed by atoms with Crippen molar-refractivity contribution >= 4 is 11.3 Å². The predicted molar refractivity (Wildman–Crippen MR) is 83.9 cm³/mol. The van der Waals surface area contributed by atoms with E-state index in [1.165, 1.54) is 30.0 Å². The van der Waals surface area contributed by atoms with Crippen LogP contribution in [0.15, 0.2) is 5.38 Å². The first-order valence-electron chi connectivity index (χ1n) is 7.54. The van der Waals surface area contributed by atoms with E-state index >= 15 is 0 Å². The third-order valence-corrected chi connectivity index (χ3v) is 5.40. The molecule has 3 heteroatoms. The summed E-state index contributed by atoms with van der Waals surface area (Å²) >= 11 is 1.83. The molecule has 1 aliphatic rings. The van der Waals surface area contributed by atoms with Crippen LogP contribution in [0.25, 0.3) is 0 Å². The van der Waals surface area contributed by atoms with Crippen LogP contribution < -0.4 is 5.32 Å². The van der Waals surface area contributed by atoms with E-state index in [1.54, 1.807) is 0 Å². The molecule has 0 aromatic carbocycles. The lowest BCUT2D eigenvalue weighted by atomic mass is 9.88. The lowest BCUT2D eigenvalue weighted by Crippen LogP contribution is -2.36. The van der Waals surface area contributed by atoms with Crippen molar-refractivity contribution in [2.45, 2.75) is 64.8 Å². The Balaban J connectivity index is 2.04. The molecule has 3 unspecified atom stereocenters. The predicted octanol–water partition coefficient (Wildman–Crippen LogP) is 4.01. The number of hydrogen-bond acceptors (Lipinski definition) is 3. The second kappa shape index (κ2) is 5.92. The van der Waals surface area contributed by atoms with E-state index in [2.05, 4.69) is 45.4 Å². The monoisotopic (exact) mass is 280 g/mol. The van der Waals surface area contributed by atoms with Gasteiger partial charge in [-0.15, -0.1) is 11.3 Å². The van der Waals surface area contributed by atoms with Gasteiger partial charge in [0.2, 0.25) is 0 Å². The molecule has 1 aromatic heterocycles. The molecule has 1 fully saturated rings. The van der Waals surface area contributed by atoms with Crippen LogP contribution >= 0.6 is 11.3 Å². The smallest absolute Gasteiger partial charge is 0.0944 e. The van der Waals surface area contributed by atoms with Crippen LogP contribution in [-0.2, 0) is 11.8 Å². The van der Waals surface area contributed by atoms with Crippen LogP contribution in [0.1, 0.15) is 57.7 Å². The molecule has 2 nitrogen and oxygen atoms in total. The Kier molecular flexibility index (Phi) is 4.67. The number of nitrogens with zero attached hydrogens (tertiary/aromatic N) is 1. The summed E-state index contributed by atoms with van der Waals surface area (Å²) in [4.78, 5) is 4.84. The third kappa shape index (κ3) is 3.57. The zero-order valence-electron chi connectivity index (χ0n) is 13.0. The standard InChI is InChI=1S/C16H28N2S/c1-11-7-6-8-12(11)13(17-5)9-15-18-14(10-19-15)16(2,3)4/h10-13,17H,6-9H2,1-5H3. The molecule has 19 heavy (non-hydrogen) atoms. The van der Waals surface area contributed by atoms with E-state index in [0.717, 1.165) is 18.3 Å². The Hall–Kier alpha value is -0.410. The zero-order valence-corrected chi connectivity index (χ0v) is 13.8. The maximum absolute atomic E-state index is 4.84. The van der Waals surface area contributed by atoms with Gasteiger partial charge in [0.15, 0.2) is 0 Å². The van der Waals surface area contributed by atoms with E-state index in [-0.39, 0.29) is 5.41 Å². The lowest BCUT2D eigenvalue weighted by Gasteiger charge is -2.26. The summed E-state index contributed by atoms with van der Waals surface area (Å²) in [5.74, 6) is 1.69. The van der Waals surface area contributed by atoms with Crippen molar-refractivity contribution in [3.05, 3.63) is 16.1 Å². The van der Waals surface area contributed by atoms with Gasteiger partial charge in [-0.1, -0.05) is 40.5 Å². The molecule has 1 N–H and O–H groups in total. The highest BCUT2D eigenvalue weighted by Crippen LogP contribution is 2.35. The highest BCUT2D eigenvalue weighted by Gasteiger charge is 2.30. The van der Waals surface area contributed by atoms with Crippen LogP contribution in [0, 0.1) is 11.8 Å². The molecule has 3 atom stereocenters. The minimum absolute atomic E-state index is 0.171. The zero-order chi connectivity index (χ0) is 14.0. The summed E-state index contributed by atoms with van der Waals surface area (Å²) in [6.45, 7) is 9.12. The van der Waals surface area contributed by atoms with Gasteiger partial charge >= 0.3 is 0 Å². The van der Waals surface area contributed by atoms with Gasteiger partial charge in [-0.3, -0.25) is 0 Å². The Bertz CT molecular complexity index is 405. The van der Waals surface area contributed by atoms with Gasteiger partial charge in [-0.2, -0.15) is 0 Å². The maximum atomic E-state index is 4.84. The molecule has 0 spiro atoms. The number of aromatic nitrogens is 1. The van der Waals surface area contributed by atoms with E-state index < -0.39 is 0 Å². The number of hydrogen-bond donors (Lipinski definition) is 1. The normalized spacial score (nSPS) is 25.7. The van der Waals surface area contributed by atoms with Crippen molar-refractivity contribution in [1.82, 2.24) is 10.3 Å². The summed E-state index contributed by atoms with van der Waals surface area (Å²) in [6, 6.07) is 0.594. The summed E-state index contributed by atoms with van der Waals surface area (Å²) in [6.07, 6.45) is 5.26. The first kappa shape index (κ1) is 15.0. The topological polar surface area (TPSA) is 24.9 Å². The van der Waals surface area contributed by atoms with Gasteiger partial charge in [-0.05, 0) is 25.3 Å². The van der Waals surface area contributed by atoms with Gasteiger partial charge < -0.3 is 5.32 Å². The molecule has 0 bridgehead atoms. The largest absolute Gasteiger partial charge is 0.316 e. The van der Waals surface area contributed by atoms with Gasteiger partial charge in [0.1, 0.15) is 0 Å². The highest BCUT2D eigenvalue weighted by molar-refractivity contribution is 7.09. The fraction of sp³-hybridized carbons (Fsp3) is 0.812. The SMILES string of the molecule is CNC(Cc1nc(C(C)(C)C)cs1)C1CCCC1C. The molecule has 0 amide bonds. The molecule has 1 aliphatic carbocycles. The molecular weight excluding hydrogens is 252 g/mol. The molecule has 0 saturated heterocycles. The van der Waals surface area contributed by atoms with Crippen LogP contribution in [0.3, 0.4) is 0 Å². The molecule has 1 aromatic rings. The van der Waals surface area contributed by atoms with E-state index in [9.17, 15) is 0 Å². The first-order valence-corrected chi connectivity index (χ1v) is 8.42. The fourth-order valence-electron chi connectivity index (χ4n) is 3.18. The minimum Gasteiger partial charge on any atom is -0.316 e. The lowest BCUT2D eigenvalue weighted by molar-refractivity contribution is 0.308. The van der Waals surface area contributed by atoms with Gasteiger partial charge in [0.05, 0.1) is 10.7 Å². The van der Waals surface area contributed by atoms with Crippen molar-refractivity contribution < 1.29 is 0 Å². The second-order valence-electron chi connectivity index (χ2n) is 7.05. The van der Waals surface area contributed by atoms with Gasteiger partial charge in [0.25, 0.3) is 0 Å². The van der Waals surface area contributed by atoms with Gasteiger partial charge in [0, 0.05) is 23.3 Å². The quantitative estimate of drug-likeness (QED) is 0.901. The van der Waals surface area contributed by atoms with Crippen LogP contribution in [0.2, 0.25) is 0 Å². The molecule has 1 saturated carbocycles. The van der Waals surface area contributed by atoms with Crippen LogP contribution in [0.5, 0.6) is 0 Å². The number of thiazole rings is 1. The average molecular weight is 280 g/mol. The number of likely N-dealkylation sites (N-methyl/N-ethyl adjacent to an activating group) is 1. The maximum Gasteiger partial charge on any atom is 0.0944 e. The summed E-state index contributed by atoms with van der Waals surface area (Å²) in [7, 11) is 2.11. The molecular formula is C16H28N2S. The molecule has 108 valence electrons. The minimum atomic E-state index is 0.171.